The Morgan fingerprint density at radius 2 is 2.00 bits per heavy atom. The van der Waals surface area contributed by atoms with Gasteiger partial charge in [0.25, 0.3) is 0 Å². The average molecular weight is 341 g/mol. The molecule has 1 aromatic heterocycles. The minimum atomic E-state index is -1.07. The fourth-order valence-corrected chi connectivity index (χ4v) is 3.09. The molecule has 1 unspecified atom stereocenters. The normalized spacial score (nSPS) is 14.2. The highest BCUT2D eigenvalue weighted by Gasteiger charge is 2.30. The molecule has 1 aromatic carbocycles. The second-order valence-corrected chi connectivity index (χ2v) is 6.00. The lowest BCUT2D eigenvalue weighted by atomic mass is 9.93. The molecule has 3 nitrogen and oxygen atoms in total. The van der Waals surface area contributed by atoms with E-state index in [9.17, 15) is 9.50 Å². The number of aromatic nitrogens is 2. The number of rotatable bonds is 5. The molecule has 1 N–H and O–H groups in total. The molecule has 5 heteroatoms. The topological polar surface area (TPSA) is 38.0 Å². The number of hydrogen-bond donors (Lipinski definition) is 1. The molecule has 0 fully saturated rings. The number of aryl methyl sites for hydroxylation is 1. The smallest absolute Gasteiger partial charge is 0.123 e. The summed E-state index contributed by atoms with van der Waals surface area (Å²) in [7, 11) is 0. The van der Waals surface area contributed by atoms with Gasteiger partial charge in [0.1, 0.15) is 11.4 Å². The molecule has 2 rings (SSSR count). The lowest BCUT2D eigenvalue weighted by molar-refractivity contribution is 0.0469. The third-order valence-corrected chi connectivity index (χ3v) is 3.78. The molecule has 0 saturated heterocycles. The lowest BCUT2D eigenvalue weighted by Crippen LogP contribution is -2.28. The van der Waals surface area contributed by atoms with Gasteiger partial charge in [-0.15, -0.1) is 0 Å². The van der Waals surface area contributed by atoms with Gasteiger partial charge in [-0.25, -0.2) is 4.39 Å². The second kappa shape index (κ2) is 6.06. The van der Waals surface area contributed by atoms with Crippen LogP contribution in [0.3, 0.4) is 0 Å². The van der Waals surface area contributed by atoms with Gasteiger partial charge in [-0.05, 0) is 47.0 Å². The van der Waals surface area contributed by atoms with E-state index in [1.807, 2.05) is 4.68 Å². The lowest BCUT2D eigenvalue weighted by Gasteiger charge is -2.25. The van der Waals surface area contributed by atoms with Crippen LogP contribution in [0.5, 0.6) is 0 Å². The van der Waals surface area contributed by atoms with Gasteiger partial charge in [-0.3, -0.25) is 4.68 Å². The fraction of sp³-hybridized carbons (Fsp3) is 0.400. The average Bonchev–Trinajstić information content (AvgIpc) is 2.74. The van der Waals surface area contributed by atoms with E-state index >= 15 is 0 Å². The van der Waals surface area contributed by atoms with Gasteiger partial charge in [0.05, 0.1) is 16.4 Å². The summed E-state index contributed by atoms with van der Waals surface area (Å²) in [6.45, 7) is 4.57. The van der Waals surface area contributed by atoms with Crippen molar-refractivity contribution >= 4 is 15.9 Å². The summed E-state index contributed by atoms with van der Waals surface area (Å²) in [4.78, 5) is 0. The van der Waals surface area contributed by atoms with E-state index in [2.05, 4.69) is 28.0 Å². The highest BCUT2D eigenvalue weighted by molar-refractivity contribution is 9.10. The highest BCUT2D eigenvalue weighted by atomic mass is 79.9. The Morgan fingerprint density at radius 1 is 1.35 bits per heavy atom. The molecule has 1 atom stereocenters. The van der Waals surface area contributed by atoms with Crippen LogP contribution >= 0.6 is 15.9 Å². The van der Waals surface area contributed by atoms with Gasteiger partial charge in [-0.1, -0.05) is 19.1 Å². The molecule has 0 aliphatic rings. The molecule has 0 radical (unpaired) electrons. The molecule has 1 heterocycles. The number of nitrogens with zero attached hydrogens (tertiary/aromatic N) is 2. The second-order valence-electron chi connectivity index (χ2n) is 5.14. The van der Waals surface area contributed by atoms with Crippen LogP contribution in [0.15, 0.2) is 34.9 Å². The predicted octanol–water partition coefficient (Wildman–Crippen LogP) is 3.64. The molecule has 0 amide bonds. The van der Waals surface area contributed by atoms with Gasteiger partial charge >= 0.3 is 0 Å². The quantitative estimate of drug-likeness (QED) is 0.902. The molecule has 0 bridgehead atoms. The summed E-state index contributed by atoms with van der Waals surface area (Å²) in [5.41, 5.74) is 0.568. The summed E-state index contributed by atoms with van der Waals surface area (Å²) >= 11 is 3.44. The van der Waals surface area contributed by atoms with Crippen molar-refractivity contribution in [2.75, 3.05) is 0 Å². The third kappa shape index (κ3) is 3.27. The van der Waals surface area contributed by atoms with Crippen molar-refractivity contribution in [2.24, 2.45) is 0 Å². The van der Waals surface area contributed by atoms with Crippen LogP contribution < -0.4 is 0 Å². The van der Waals surface area contributed by atoms with E-state index in [1.165, 1.54) is 12.1 Å². The molecule has 0 aliphatic heterocycles. The van der Waals surface area contributed by atoms with Crippen LogP contribution in [0.4, 0.5) is 4.39 Å². The monoisotopic (exact) mass is 340 g/mol. The van der Waals surface area contributed by atoms with E-state index in [0.717, 1.165) is 28.7 Å². The van der Waals surface area contributed by atoms with Gasteiger partial charge < -0.3 is 5.11 Å². The minimum Gasteiger partial charge on any atom is -0.383 e. The number of hydrogen-bond acceptors (Lipinski definition) is 2. The molecule has 2 aromatic rings. The van der Waals surface area contributed by atoms with Crippen LogP contribution in [0.1, 0.15) is 31.5 Å². The highest BCUT2D eigenvalue weighted by Crippen LogP contribution is 2.31. The van der Waals surface area contributed by atoms with Crippen molar-refractivity contribution in [3.05, 3.63) is 52.0 Å². The summed E-state index contributed by atoms with van der Waals surface area (Å²) in [5, 5.41) is 15.1. The Labute approximate surface area is 126 Å². The first-order valence-electron chi connectivity index (χ1n) is 6.62. The first kappa shape index (κ1) is 15.2. The van der Waals surface area contributed by atoms with Crippen LogP contribution in [0.25, 0.3) is 0 Å². The standard InChI is InChI=1S/C15H18BrFN2O/c1-3-8-19-14(13(16)10-18-19)15(2,20)9-11-4-6-12(17)7-5-11/h4-7,10,20H,3,8-9H2,1-2H3. The summed E-state index contributed by atoms with van der Waals surface area (Å²) in [6, 6.07) is 6.20. The molecule has 0 spiro atoms. The van der Waals surface area contributed by atoms with Crippen molar-refractivity contribution in [1.29, 1.82) is 0 Å². The molecule has 20 heavy (non-hydrogen) atoms. The number of halogens is 2. The maximum absolute atomic E-state index is 12.9. The summed E-state index contributed by atoms with van der Waals surface area (Å²) < 4.78 is 15.5. The SMILES string of the molecule is CCCn1ncc(Br)c1C(C)(O)Cc1ccc(F)cc1. The van der Waals surface area contributed by atoms with Crippen molar-refractivity contribution < 1.29 is 9.50 Å². The predicted molar refractivity (Wildman–Crippen MR) is 79.9 cm³/mol. The largest absolute Gasteiger partial charge is 0.383 e. The van der Waals surface area contributed by atoms with Crippen molar-refractivity contribution in [1.82, 2.24) is 9.78 Å². The Balaban J connectivity index is 2.29. The molecule has 0 aliphatic carbocycles. The number of aliphatic hydroxyl groups is 1. The van der Waals surface area contributed by atoms with Crippen LogP contribution in [-0.4, -0.2) is 14.9 Å². The first-order valence-corrected chi connectivity index (χ1v) is 7.42. The van der Waals surface area contributed by atoms with Gasteiger partial charge in [0, 0.05) is 13.0 Å². The molecule has 108 valence electrons. The molecular weight excluding hydrogens is 323 g/mol. The minimum absolute atomic E-state index is 0.273. The van der Waals surface area contributed by atoms with E-state index in [4.69, 9.17) is 0 Å². The van der Waals surface area contributed by atoms with Crippen molar-refractivity contribution in [3.63, 3.8) is 0 Å². The van der Waals surface area contributed by atoms with Gasteiger partial charge in [0.15, 0.2) is 0 Å². The van der Waals surface area contributed by atoms with Crippen molar-refractivity contribution in [2.45, 2.75) is 38.8 Å². The van der Waals surface area contributed by atoms with Crippen LogP contribution in [0, 0.1) is 5.82 Å². The van der Waals surface area contributed by atoms with E-state index in [-0.39, 0.29) is 5.82 Å². The van der Waals surface area contributed by atoms with Gasteiger partial charge in [0.2, 0.25) is 0 Å². The van der Waals surface area contributed by atoms with E-state index in [0.29, 0.717) is 6.42 Å². The zero-order chi connectivity index (χ0) is 14.8. The Morgan fingerprint density at radius 3 is 2.60 bits per heavy atom. The summed E-state index contributed by atoms with van der Waals surface area (Å²) in [6.07, 6.45) is 3.04. The Kier molecular flexibility index (Phi) is 4.60. The molecular formula is C15H18BrFN2O. The first-order chi connectivity index (χ1) is 9.44. The van der Waals surface area contributed by atoms with E-state index in [1.54, 1.807) is 25.3 Å². The van der Waals surface area contributed by atoms with Crippen molar-refractivity contribution in [3.8, 4) is 0 Å². The maximum Gasteiger partial charge on any atom is 0.123 e. The third-order valence-electron chi connectivity index (χ3n) is 3.20. The number of benzene rings is 1. The zero-order valence-electron chi connectivity index (χ0n) is 11.6. The summed E-state index contributed by atoms with van der Waals surface area (Å²) in [5.74, 6) is -0.273. The molecule has 0 saturated carbocycles. The van der Waals surface area contributed by atoms with E-state index < -0.39 is 5.60 Å². The maximum atomic E-state index is 12.9. The zero-order valence-corrected chi connectivity index (χ0v) is 13.2. The van der Waals surface area contributed by atoms with Crippen LogP contribution in [-0.2, 0) is 18.6 Å². The Bertz CT molecular complexity index is 578. The van der Waals surface area contributed by atoms with Crippen LogP contribution in [0.2, 0.25) is 0 Å². The van der Waals surface area contributed by atoms with Gasteiger partial charge in [-0.2, -0.15) is 5.10 Å². The fourth-order valence-electron chi connectivity index (χ4n) is 2.36. The Hall–Kier alpha value is -1.20.